The number of nitrogens with zero attached hydrogens (tertiary/aromatic N) is 3. The van der Waals surface area contributed by atoms with Crippen molar-refractivity contribution in [1.82, 2.24) is 4.90 Å². The van der Waals surface area contributed by atoms with Gasteiger partial charge in [0.05, 0.1) is 17.5 Å². The van der Waals surface area contributed by atoms with Gasteiger partial charge in [0, 0.05) is 23.6 Å². The van der Waals surface area contributed by atoms with Crippen molar-refractivity contribution in [3.05, 3.63) is 34.4 Å². The topological polar surface area (TPSA) is 58.7 Å². The van der Waals surface area contributed by atoms with E-state index in [1.807, 2.05) is 0 Å². The molecule has 1 aliphatic rings. The van der Waals surface area contributed by atoms with Gasteiger partial charge in [0.1, 0.15) is 0 Å². The molecule has 0 aromatic heterocycles. The molecule has 6 heteroatoms. The highest BCUT2D eigenvalue weighted by Crippen LogP contribution is 2.30. The van der Waals surface area contributed by atoms with Crippen LogP contribution in [0, 0.1) is 22.0 Å². The molecule has 0 saturated carbocycles. The SMILES string of the molecule is CC(C)CC1CN=C(Sc2ccc([N+](=O)[O-])cc2)N1CC(C)C. The van der Waals surface area contributed by atoms with Crippen LogP contribution in [0.1, 0.15) is 34.1 Å². The highest BCUT2D eigenvalue weighted by Gasteiger charge is 2.29. The van der Waals surface area contributed by atoms with E-state index in [0.717, 1.165) is 29.6 Å². The number of hydrogen-bond acceptors (Lipinski definition) is 5. The lowest BCUT2D eigenvalue weighted by atomic mass is 10.0. The van der Waals surface area contributed by atoms with E-state index in [1.54, 1.807) is 36.0 Å². The van der Waals surface area contributed by atoms with Gasteiger partial charge in [-0.2, -0.15) is 0 Å². The number of nitro groups is 1. The molecule has 0 radical (unpaired) electrons. The van der Waals surface area contributed by atoms with Crippen LogP contribution in [0.2, 0.25) is 0 Å². The van der Waals surface area contributed by atoms with E-state index in [0.29, 0.717) is 17.9 Å². The Hall–Kier alpha value is -1.56. The fourth-order valence-corrected chi connectivity index (χ4v) is 3.69. The molecule has 0 N–H and O–H groups in total. The Bertz CT molecular complexity index is 570. The fourth-order valence-electron chi connectivity index (χ4n) is 2.73. The van der Waals surface area contributed by atoms with E-state index >= 15 is 0 Å². The molecule has 0 saturated heterocycles. The molecular formula is C17H25N3O2S. The Morgan fingerprint density at radius 2 is 1.91 bits per heavy atom. The molecule has 0 fully saturated rings. The Kier molecular flexibility index (Phi) is 6.04. The van der Waals surface area contributed by atoms with Crippen LogP contribution in [0.25, 0.3) is 0 Å². The molecule has 1 aromatic carbocycles. The van der Waals surface area contributed by atoms with Gasteiger partial charge < -0.3 is 4.90 Å². The zero-order chi connectivity index (χ0) is 17.0. The van der Waals surface area contributed by atoms with Gasteiger partial charge in [0.2, 0.25) is 0 Å². The van der Waals surface area contributed by atoms with Crippen molar-refractivity contribution in [3.63, 3.8) is 0 Å². The minimum atomic E-state index is -0.370. The lowest BCUT2D eigenvalue weighted by Gasteiger charge is -2.30. The van der Waals surface area contributed by atoms with Gasteiger partial charge in [-0.1, -0.05) is 39.5 Å². The Balaban J connectivity index is 2.08. The molecule has 23 heavy (non-hydrogen) atoms. The minimum absolute atomic E-state index is 0.124. The molecule has 2 rings (SSSR count). The Morgan fingerprint density at radius 3 is 2.43 bits per heavy atom. The summed E-state index contributed by atoms with van der Waals surface area (Å²) in [6, 6.07) is 7.17. The lowest BCUT2D eigenvalue weighted by Crippen LogP contribution is -2.38. The Morgan fingerprint density at radius 1 is 1.26 bits per heavy atom. The maximum atomic E-state index is 10.7. The van der Waals surface area contributed by atoms with Gasteiger partial charge in [-0.05, 0) is 30.4 Å². The third-order valence-corrected chi connectivity index (χ3v) is 4.74. The summed E-state index contributed by atoms with van der Waals surface area (Å²) in [5, 5.41) is 11.8. The molecule has 1 unspecified atom stereocenters. The quantitative estimate of drug-likeness (QED) is 0.570. The van der Waals surface area contributed by atoms with Crippen molar-refractivity contribution < 1.29 is 4.92 Å². The van der Waals surface area contributed by atoms with Gasteiger partial charge in [-0.25, -0.2) is 0 Å². The number of benzene rings is 1. The molecule has 5 nitrogen and oxygen atoms in total. The zero-order valence-corrected chi connectivity index (χ0v) is 15.0. The summed E-state index contributed by atoms with van der Waals surface area (Å²) >= 11 is 1.61. The average molecular weight is 335 g/mol. The van der Waals surface area contributed by atoms with E-state index in [-0.39, 0.29) is 10.6 Å². The summed E-state index contributed by atoms with van der Waals surface area (Å²) in [6.07, 6.45) is 1.14. The van der Waals surface area contributed by atoms with Crippen molar-refractivity contribution in [1.29, 1.82) is 0 Å². The molecular weight excluding hydrogens is 310 g/mol. The summed E-state index contributed by atoms with van der Waals surface area (Å²) in [6.45, 7) is 10.8. The molecule has 1 atom stereocenters. The number of amidine groups is 1. The number of hydrogen-bond donors (Lipinski definition) is 0. The van der Waals surface area contributed by atoms with E-state index in [1.165, 1.54) is 0 Å². The van der Waals surface area contributed by atoms with E-state index in [4.69, 9.17) is 4.99 Å². The molecule has 0 aliphatic carbocycles. The molecule has 0 amide bonds. The van der Waals surface area contributed by atoms with Crippen LogP contribution < -0.4 is 0 Å². The third kappa shape index (κ3) is 4.96. The molecule has 0 spiro atoms. The van der Waals surface area contributed by atoms with Crippen molar-refractivity contribution in [2.45, 2.75) is 45.1 Å². The molecule has 0 bridgehead atoms. The first-order valence-corrected chi connectivity index (χ1v) is 8.92. The van der Waals surface area contributed by atoms with E-state index in [2.05, 4.69) is 32.6 Å². The van der Waals surface area contributed by atoms with Crippen LogP contribution in [0.5, 0.6) is 0 Å². The van der Waals surface area contributed by atoms with E-state index < -0.39 is 0 Å². The van der Waals surface area contributed by atoms with E-state index in [9.17, 15) is 10.1 Å². The Labute approximate surface area is 142 Å². The van der Waals surface area contributed by atoms with Crippen LogP contribution in [0.4, 0.5) is 5.69 Å². The smallest absolute Gasteiger partial charge is 0.269 e. The van der Waals surface area contributed by atoms with Crippen LogP contribution in [-0.4, -0.2) is 34.1 Å². The molecule has 126 valence electrons. The van der Waals surface area contributed by atoms with Crippen LogP contribution in [0.15, 0.2) is 34.2 Å². The van der Waals surface area contributed by atoms with Crippen molar-refractivity contribution >= 4 is 22.6 Å². The maximum Gasteiger partial charge on any atom is 0.269 e. The van der Waals surface area contributed by atoms with Gasteiger partial charge in [-0.15, -0.1) is 0 Å². The van der Waals surface area contributed by atoms with Crippen LogP contribution in [-0.2, 0) is 0 Å². The summed E-state index contributed by atoms with van der Waals surface area (Å²) in [5.41, 5.74) is 0.124. The van der Waals surface area contributed by atoms with Gasteiger partial charge >= 0.3 is 0 Å². The summed E-state index contributed by atoms with van der Waals surface area (Å²) in [4.78, 5) is 18.5. The van der Waals surface area contributed by atoms with Crippen molar-refractivity contribution in [3.8, 4) is 0 Å². The standard InChI is InChI=1S/C17H25N3O2S/c1-12(2)9-15-10-18-17(19(15)11-13(3)4)23-16-7-5-14(6-8-16)20(21)22/h5-8,12-13,15H,9-11H2,1-4H3. The maximum absolute atomic E-state index is 10.7. The second-order valence-electron chi connectivity index (χ2n) is 6.81. The average Bonchev–Trinajstić information content (AvgIpc) is 2.81. The normalized spacial score (nSPS) is 17.9. The fraction of sp³-hybridized carbons (Fsp3) is 0.588. The molecule has 1 aromatic rings. The number of rotatable bonds is 6. The summed E-state index contributed by atoms with van der Waals surface area (Å²) in [7, 11) is 0. The zero-order valence-electron chi connectivity index (χ0n) is 14.2. The summed E-state index contributed by atoms with van der Waals surface area (Å²) in [5.74, 6) is 1.22. The van der Waals surface area contributed by atoms with Crippen LogP contribution >= 0.6 is 11.8 Å². The second-order valence-corrected chi connectivity index (χ2v) is 7.85. The van der Waals surface area contributed by atoms with Crippen molar-refractivity contribution in [2.24, 2.45) is 16.8 Å². The first kappa shape index (κ1) is 17.8. The summed E-state index contributed by atoms with van der Waals surface area (Å²) < 4.78 is 0. The van der Waals surface area contributed by atoms with Gasteiger partial charge in [-0.3, -0.25) is 15.1 Å². The number of nitro benzene ring substituents is 1. The monoisotopic (exact) mass is 335 g/mol. The predicted octanol–water partition coefficient (Wildman–Crippen LogP) is 4.43. The highest BCUT2D eigenvalue weighted by molar-refractivity contribution is 8.13. The van der Waals surface area contributed by atoms with Gasteiger partial charge in [0.25, 0.3) is 5.69 Å². The van der Waals surface area contributed by atoms with Crippen molar-refractivity contribution in [2.75, 3.05) is 13.1 Å². The first-order chi connectivity index (χ1) is 10.9. The highest BCUT2D eigenvalue weighted by atomic mass is 32.2. The largest absolute Gasteiger partial charge is 0.346 e. The van der Waals surface area contributed by atoms with Crippen LogP contribution in [0.3, 0.4) is 0 Å². The number of non-ortho nitro benzene ring substituents is 1. The molecule has 1 heterocycles. The molecule has 1 aliphatic heterocycles. The first-order valence-electron chi connectivity index (χ1n) is 8.10. The number of aliphatic imine (C=N–C) groups is 1. The predicted molar refractivity (Wildman–Crippen MR) is 96.0 cm³/mol. The lowest BCUT2D eigenvalue weighted by molar-refractivity contribution is -0.384. The third-order valence-electron chi connectivity index (χ3n) is 3.69. The minimum Gasteiger partial charge on any atom is -0.346 e. The van der Waals surface area contributed by atoms with Gasteiger partial charge in [0.15, 0.2) is 5.17 Å². The second kappa shape index (κ2) is 7.81. The number of thioether (sulfide) groups is 1.